The summed E-state index contributed by atoms with van der Waals surface area (Å²) in [5.41, 5.74) is 1.34. The van der Waals surface area contributed by atoms with Crippen LogP contribution in [0.4, 0.5) is 0 Å². The van der Waals surface area contributed by atoms with Crippen LogP contribution in [0.25, 0.3) is 0 Å². The molecule has 0 bridgehead atoms. The van der Waals surface area contributed by atoms with E-state index in [1.807, 2.05) is 20.8 Å². The Hall–Kier alpha value is -2.12. The van der Waals surface area contributed by atoms with Gasteiger partial charge < -0.3 is 9.73 Å². The Bertz CT molecular complexity index is 865. The first-order chi connectivity index (χ1) is 12.2. The maximum atomic E-state index is 12.5. The number of nitrogens with one attached hydrogen (secondary N) is 1. The quantitative estimate of drug-likeness (QED) is 0.801. The predicted octanol–water partition coefficient (Wildman–Crippen LogP) is 3.42. The minimum absolute atomic E-state index is 0.216. The molecule has 2 rings (SSSR count). The number of rotatable bonds is 7. The minimum atomic E-state index is -3.48. The van der Waals surface area contributed by atoms with Crippen LogP contribution in [-0.2, 0) is 10.0 Å². The van der Waals surface area contributed by atoms with E-state index in [9.17, 15) is 13.2 Å². The van der Waals surface area contributed by atoms with E-state index < -0.39 is 10.0 Å². The zero-order chi connectivity index (χ0) is 19.5. The van der Waals surface area contributed by atoms with Crippen molar-refractivity contribution in [3.63, 3.8) is 0 Å². The number of amides is 1. The van der Waals surface area contributed by atoms with E-state index >= 15 is 0 Å². The van der Waals surface area contributed by atoms with E-state index in [4.69, 9.17) is 4.42 Å². The van der Waals surface area contributed by atoms with Gasteiger partial charge in [0.1, 0.15) is 11.5 Å². The number of hydrogen-bond acceptors (Lipinski definition) is 4. The van der Waals surface area contributed by atoms with Gasteiger partial charge in [-0.25, -0.2) is 8.42 Å². The highest BCUT2D eigenvalue weighted by Crippen LogP contribution is 2.20. The molecule has 1 N–H and O–H groups in total. The molecule has 0 fully saturated rings. The molecule has 0 aliphatic rings. The first-order valence-corrected chi connectivity index (χ1v) is 10.1. The summed E-state index contributed by atoms with van der Waals surface area (Å²) in [6.45, 7) is 9.88. The molecule has 1 atom stereocenters. The third-order valence-electron chi connectivity index (χ3n) is 4.36. The lowest BCUT2D eigenvalue weighted by molar-refractivity contribution is 0.0938. The molecule has 6 nitrogen and oxygen atoms in total. The molecule has 1 aromatic heterocycles. The maximum Gasteiger partial charge on any atom is 0.255 e. The summed E-state index contributed by atoms with van der Waals surface area (Å²) < 4.78 is 31.8. The highest BCUT2D eigenvalue weighted by molar-refractivity contribution is 7.89. The summed E-state index contributed by atoms with van der Waals surface area (Å²) >= 11 is 0. The number of carbonyl (C=O) groups excluding carboxylic acids is 1. The smallest absolute Gasteiger partial charge is 0.255 e. The molecule has 26 heavy (non-hydrogen) atoms. The second-order valence-electron chi connectivity index (χ2n) is 6.18. The zero-order valence-corrected chi connectivity index (χ0v) is 16.7. The van der Waals surface area contributed by atoms with E-state index in [0.717, 1.165) is 5.56 Å². The molecule has 1 amide bonds. The van der Waals surface area contributed by atoms with Gasteiger partial charge in [0, 0.05) is 13.1 Å². The molecule has 7 heteroatoms. The predicted molar refractivity (Wildman–Crippen MR) is 101 cm³/mol. The van der Waals surface area contributed by atoms with E-state index in [1.54, 1.807) is 44.2 Å². The molecule has 2 aromatic rings. The topological polar surface area (TPSA) is 79.6 Å². The number of carbonyl (C=O) groups is 1. The second-order valence-corrected chi connectivity index (χ2v) is 8.12. The van der Waals surface area contributed by atoms with Crippen molar-refractivity contribution in [2.75, 3.05) is 13.1 Å². The lowest BCUT2D eigenvalue weighted by Crippen LogP contribution is -2.30. The number of benzene rings is 1. The van der Waals surface area contributed by atoms with Gasteiger partial charge in [-0.1, -0.05) is 26.0 Å². The number of hydrogen-bond donors (Lipinski definition) is 1. The second kappa shape index (κ2) is 8.05. The number of aryl methyl sites for hydroxylation is 2. The molecule has 0 spiro atoms. The first kappa shape index (κ1) is 20.2. The lowest BCUT2D eigenvalue weighted by Gasteiger charge is -2.19. The molecule has 0 unspecified atom stereocenters. The molecule has 0 saturated carbocycles. The van der Waals surface area contributed by atoms with Gasteiger partial charge in [-0.05, 0) is 44.5 Å². The number of nitrogens with zero attached hydrogens (tertiary/aromatic N) is 1. The van der Waals surface area contributed by atoms with Crippen LogP contribution in [0.1, 0.15) is 54.3 Å². The van der Waals surface area contributed by atoms with Crippen molar-refractivity contribution >= 4 is 15.9 Å². The average Bonchev–Trinajstić information content (AvgIpc) is 2.94. The Balaban J connectivity index is 2.15. The van der Waals surface area contributed by atoms with E-state index in [0.29, 0.717) is 30.2 Å². The standard InChI is InChI=1S/C19H26N2O4S/c1-6-21(7-2)26(23,24)17-10-8-16(9-11-17)14(4)20-19(22)18-12-13(3)25-15(18)5/h8-12,14H,6-7H2,1-5H3,(H,20,22)/t14-/m1/s1. The van der Waals surface area contributed by atoms with E-state index in [1.165, 1.54) is 4.31 Å². The van der Waals surface area contributed by atoms with Crippen molar-refractivity contribution in [2.24, 2.45) is 0 Å². The summed E-state index contributed by atoms with van der Waals surface area (Å²) in [6.07, 6.45) is 0. The SMILES string of the molecule is CCN(CC)S(=O)(=O)c1ccc([C@@H](C)NC(=O)c2cc(C)oc2C)cc1. The van der Waals surface area contributed by atoms with Crippen molar-refractivity contribution in [1.29, 1.82) is 0 Å². The lowest BCUT2D eigenvalue weighted by atomic mass is 10.1. The van der Waals surface area contributed by atoms with Gasteiger partial charge in [-0.3, -0.25) is 4.79 Å². The summed E-state index contributed by atoms with van der Waals surface area (Å²) in [7, 11) is -3.48. The number of furan rings is 1. The van der Waals surface area contributed by atoms with Crippen molar-refractivity contribution in [3.05, 3.63) is 53.0 Å². The molecular weight excluding hydrogens is 352 g/mol. The highest BCUT2D eigenvalue weighted by atomic mass is 32.2. The molecule has 142 valence electrons. The van der Waals surface area contributed by atoms with Gasteiger partial charge in [-0.2, -0.15) is 4.31 Å². The van der Waals surface area contributed by atoms with Gasteiger partial charge in [0.2, 0.25) is 10.0 Å². The normalized spacial score (nSPS) is 13.0. The Morgan fingerprint density at radius 2 is 1.73 bits per heavy atom. The van der Waals surface area contributed by atoms with Crippen molar-refractivity contribution < 1.29 is 17.6 Å². The molecular formula is C19H26N2O4S. The van der Waals surface area contributed by atoms with Crippen molar-refractivity contribution in [3.8, 4) is 0 Å². The summed E-state index contributed by atoms with van der Waals surface area (Å²) in [5.74, 6) is 1.05. The first-order valence-electron chi connectivity index (χ1n) is 8.68. The summed E-state index contributed by atoms with van der Waals surface area (Å²) in [4.78, 5) is 12.6. The minimum Gasteiger partial charge on any atom is -0.466 e. The fourth-order valence-electron chi connectivity index (χ4n) is 2.86. The molecule has 0 saturated heterocycles. The zero-order valence-electron chi connectivity index (χ0n) is 15.9. The van der Waals surface area contributed by atoms with Gasteiger partial charge in [0.15, 0.2) is 0 Å². The molecule has 1 heterocycles. The third kappa shape index (κ3) is 4.16. The van der Waals surface area contributed by atoms with Crippen LogP contribution in [0.15, 0.2) is 39.6 Å². The van der Waals surface area contributed by atoms with Crippen LogP contribution in [0, 0.1) is 13.8 Å². The van der Waals surface area contributed by atoms with Gasteiger partial charge in [0.25, 0.3) is 5.91 Å². The molecule has 0 aliphatic carbocycles. The summed E-state index contributed by atoms with van der Waals surface area (Å²) in [5, 5.41) is 2.91. The Morgan fingerprint density at radius 3 is 2.19 bits per heavy atom. The molecule has 0 aliphatic heterocycles. The fourth-order valence-corrected chi connectivity index (χ4v) is 4.31. The summed E-state index contributed by atoms with van der Waals surface area (Å²) in [6, 6.07) is 8.07. The van der Waals surface area contributed by atoms with Gasteiger partial charge >= 0.3 is 0 Å². The van der Waals surface area contributed by atoms with E-state index in [2.05, 4.69) is 5.32 Å². The third-order valence-corrected chi connectivity index (χ3v) is 6.42. The van der Waals surface area contributed by atoms with Crippen LogP contribution < -0.4 is 5.32 Å². The largest absolute Gasteiger partial charge is 0.466 e. The Kier molecular flexibility index (Phi) is 6.26. The number of sulfonamides is 1. The molecule has 0 radical (unpaired) electrons. The van der Waals surface area contributed by atoms with Crippen LogP contribution >= 0.6 is 0 Å². The van der Waals surface area contributed by atoms with Crippen LogP contribution in [0.5, 0.6) is 0 Å². The van der Waals surface area contributed by atoms with Gasteiger partial charge in [0.05, 0.1) is 16.5 Å². The maximum absolute atomic E-state index is 12.5. The van der Waals surface area contributed by atoms with Crippen LogP contribution in [0.3, 0.4) is 0 Å². The van der Waals surface area contributed by atoms with Crippen LogP contribution in [-0.4, -0.2) is 31.7 Å². The average molecular weight is 378 g/mol. The Labute approximate surface area is 155 Å². The fraction of sp³-hybridized carbons (Fsp3) is 0.421. The molecule has 1 aromatic carbocycles. The van der Waals surface area contributed by atoms with Crippen molar-refractivity contribution in [2.45, 2.75) is 45.6 Å². The van der Waals surface area contributed by atoms with E-state index in [-0.39, 0.29) is 16.8 Å². The van der Waals surface area contributed by atoms with Gasteiger partial charge in [-0.15, -0.1) is 0 Å². The van der Waals surface area contributed by atoms with Crippen LogP contribution in [0.2, 0.25) is 0 Å². The van der Waals surface area contributed by atoms with Crippen molar-refractivity contribution in [1.82, 2.24) is 9.62 Å². The Morgan fingerprint density at radius 1 is 1.15 bits per heavy atom. The monoisotopic (exact) mass is 378 g/mol. The highest BCUT2D eigenvalue weighted by Gasteiger charge is 2.22.